The van der Waals surface area contributed by atoms with Gasteiger partial charge in [-0.2, -0.15) is 0 Å². The highest BCUT2D eigenvalue weighted by atomic mass is 32.2. The molecule has 116 valence electrons. The molecule has 4 heteroatoms. The summed E-state index contributed by atoms with van der Waals surface area (Å²) in [6, 6.07) is 0. The van der Waals surface area contributed by atoms with Crippen LogP contribution in [0.1, 0.15) is 67.7 Å². The maximum Gasteiger partial charge on any atom is 0.211 e. The first kappa shape index (κ1) is 21.0. The van der Waals surface area contributed by atoms with Crippen LogP contribution in [0.3, 0.4) is 0 Å². The first-order valence-corrected chi connectivity index (χ1v) is 9.00. The molecule has 0 rings (SSSR count). The predicted molar refractivity (Wildman–Crippen MR) is 85.9 cm³/mol. The average molecular weight is 292 g/mol. The molecule has 0 aliphatic rings. The molecule has 0 aliphatic heterocycles. The number of hydrogen-bond acceptors (Lipinski definition) is 2. The van der Waals surface area contributed by atoms with E-state index in [4.69, 9.17) is 0 Å². The molecule has 0 heterocycles. The summed E-state index contributed by atoms with van der Waals surface area (Å²) in [6.45, 7) is 13.9. The molecule has 19 heavy (non-hydrogen) atoms. The first-order valence-electron chi connectivity index (χ1n) is 7.35. The lowest BCUT2D eigenvalue weighted by molar-refractivity contribution is 0.425. The van der Waals surface area contributed by atoms with Crippen LogP contribution in [0.4, 0.5) is 0 Å². The minimum atomic E-state index is -3.11. The summed E-state index contributed by atoms with van der Waals surface area (Å²) in [6.07, 6.45) is 7.13. The third kappa shape index (κ3) is 13.9. The Bertz CT molecular complexity index is 330. The Kier molecular flexibility index (Phi) is 11.5. The molecule has 0 saturated heterocycles. The van der Waals surface area contributed by atoms with E-state index in [2.05, 4.69) is 30.7 Å². The van der Waals surface area contributed by atoms with Gasteiger partial charge in [0.25, 0.3) is 0 Å². The molecule has 0 radical (unpaired) electrons. The Morgan fingerprint density at radius 1 is 1.16 bits per heavy atom. The van der Waals surface area contributed by atoms with Crippen molar-refractivity contribution in [3.63, 3.8) is 0 Å². The summed E-state index contributed by atoms with van der Waals surface area (Å²) in [5.74, 6) is 0.817. The van der Waals surface area contributed by atoms with Crippen LogP contribution in [0.2, 0.25) is 0 Å². The molecule has 0 bridgehead atoms. The molecule has 0 aromatic rings. The second kappa shape index (κ2) is 10.4. The average Bonchev–Trinajstić information content (AvgIpc) is 2.29. The minimum Gasteiger partial charge on any atom is -0.212 e. The zero-order valence-electron chi connectivity index (χ0n) is 13.8. The number of nitrogens with one attached hydrogen (secondary N) is 1. The van der Waals surface area contributed by atoms with Crippen LogP contribution in [0.5, 0.6) is 0 Å². The largest absolute Gasteiger partial charge is 0.212 e. The summed E-state index contributed by atoms with van der Waals surface area (Å²) in [7, 11) is -3.11. The zero-order valence-corrected chi connectivity index (χ0v) is 14.6. The topological polar surface area (TPSA) is 46.2 Å². The van der Waals surface area contributed by atoms with E-state index in [0.717, 1.165) is 19.3 Å². The van der Waals surface area contributed by atoms with Crippen molar-refractivity contribution in [1.82, 2.24) is 4.72 Å². The standard InChI is InChI=1S/C13H27NO2S.C2H6/c1-6-17(15,16)14-13(4,5)11-9-7-8-10-12(2)3;1-2/h7-8,12,14H,6,9-11H2,1-5H3;1-2H3/b8-7+;. The smallest absolute Gasteiger partial charge is 0.211 e. The first-order chi connectivity index (χ1) is 8.68. The zero-order chi connectivity index (χ0) is 15.5. The molecule has 0 unspecified atom stereocenters. The Morgan fingerprint density at radius 2 is 1.68 bits per heavy atom. The molecule has 0 atom stereocenters. The maximum absolute atomic E-state index is 11.5. The van der Waals surface area contributed by atoms with Gasteiger partial charge in [0.05, 0.1) is 5.75 Å². The Morgan fingerprint density at radius 3 is 2.11 bits per heavy atom. The molecule has 0 spiro atoms. The van der Waals surface area contributed by atoms with Crippen LogP contribution in [0.15, 0.2) is 12.2 Å². The summed E-state index contributed by atoms with van der Waals surface area (Å²) >= 11 is 0. The van der Waals surface area contributed by atoms with Gasteiger partial charge in [-0.15, -0.1) is 0 Å². The summed E-state index contributed by atoms with van der Waals surface area (Å²) in [5, 5.41) is 0. The van der Waals surface area contributed by atoms with Crippen molar-refractivity contribution < 1.29 is 8.42 Å². The molecule has 0 fully saturated rings. The van der Waals surface area contributed by atoms with Gasteiger partial charge < -0.3 is 0 Å². The SMILES string of the molecule is CC.CCS(=O)(=O)NC(C)(C)CC/C=C/CC(C)C. The van der Waals surface area contributed by atoms with E-state index in [0.29, 0.717) is 5.92 Å². The maximum atomic E-state index is 11.5. The van der Waals surface area contributed by atoms with Crippen molar-refractivity contribution in [2.75, 3.05) is 5.75 Å². The van der Waals surface area contributed by atoms with Crippen molar-refractivity contribution in [2.24, 2.45) is 5.92 Å². The van der Waals surface area contributed by atoms with E-state index in [1.165, 1.54) is 0 Å². The highest BCUT2D eigenvalue weighted by Crippen LogP contribution is 2.14. The molecule has 0 aliphatic carbocycles. The Labute approximate surface area is 120 Å². The normalized spacial score (nSPS) is 12.6. The number of sulfonamides is 1. The van der Waals surface area contributed by atoms with E-state index in [1.807, 2.05) is 27.7 Å². The summed E-state index contributed by atoms with van der Waals surface area (Å²) < 4.78 is 25.6. The fraction of sp³-hybridized carbons (Fsp3) is 0.867. The van der Waals surface area contributed by atoms with E-state index < -0.39 is 10.0 Å². The fourth-order valence-electron chi connectivity index (χ4n) is 1.47. The number of allylic oxidation sites excluding steroid dienone is 2. The van der Waals surface area contributed by atoms with Crippen molar-refractivity contribution in [3.05, 3.63) is 12.2 Å². The number of hydrogen-bond donors (Lipinski definition) is 1. The fourth-order valence-corrected chi connectivity index (χ4v) is 2.56. The van der Waals surface area contributed by atoms with E-state index in [-0.39, 0.29) is 11.3 Å². The van der Waals surface area contributed by atoms with Crippen LogP contribution in [0.25, 0.3) is 0 Å². The van der Waals surface area contributed by atoms with Gasteiger partial charge in [-0.05, 0) is 46.0 Å². The van der Waals surface area contributed by atoms with Gasteiger partial charge in [0.1, 0.15) is 0 Å². The third-order valence-electron chi connectivity index (χ3n) is 2.52. The van der Waals surface area contributed by atoms with Gasteiger partial charge in [-0.1, -0.05) is 39.8 Å². The van der Waals surface area contributed by atoms with Crippen molar-refractivity contribution in [3.8, 4) is 0 Å². The monoisotopic (exact) mass is 291 g/mol. The van der Waals surface area contributed by atoms with Crippen LogP contribution < -0.4 is 4.72 Å². The van der Waals surface area contributed by atoms with Crippen LogP contribution in [-0.4, -0.2) is 19.7 Å². The third-order valence-corrected chi connectivity index (χ3v) is 4.15. The lowest BCUT2D eigenvalue weighted by atomic mass is 9.99. The van der Waals surface area contributed by atoms with Crippen molar-refractivity contribution in [2.45, 2.75) is 73.3 Å². The van der Waals surface area contributed by atoms with Gasteiger partial charge in [0, 0.05) is 5.54 Å². The van der Waals surface area contributed by atoms with E-state index >= 15 is 0 Å². The molecule has 0 aromatic heterocycles. The quantitative estimate of drug-likeness (QED) is 0.684. The highest BCUT2D eigenvalue weighted by Gasteiger charge is 2.22. The molecule has 1 N–H and O–H groups in total. The molecule has 0 aromatic carbocycles. The number of rotatable bonds is 8. The highest BCUT2D eigenvalue weighted by molar-refractivity contribution is 7.89. The second-order valence-corrected chi connectivity index (χ2v) is 7.54. The lowest BCUT2D eigenvalue weighted by Gasteiger charge is -2.25. The Hall–Kier alpha value is -0.350. The van der Waals surface area contributed by atoms with Crippen molar-refractivity contribution >= 4 is 10.0 Å². The molecule has 0 amide bonds. The van der Waals surface area contributed by atoms with Crippen molar-refractivity contribution in [1.29, 1.82) is 0 Å². The second-order valence-electron chi connectivity index (χ2n) is 5.53. The summed E-state index contributed by atoms with van der Waals surface area (Å²) in [4.78, 5) is 0. The molecule has 0 saturated carbocycles. The van der Waals surface area contributed by atoms with Crippen LogP contribution in [-0.2, 0) is 10.0 Å². The van der Waals surface area contributed by atoms with Crippen LogP contribution >= 0.6 is 0 Å². The van der Waals surface area contributed by atoms with E-state index in [1.54, 1.807) is 6.92 Å². The van der Waals surface area contributed by atoms with Gasteiger partial charge in [-0.3, -0.25) is 0 Å². The van der Waals surface area contributed by atoms with Gasteiger partial charge in [-0.25, -0.2) is 13.1 Å². The predicted octanol–water partition coefficient (Wildman–Crippen LogP) is 4.11. The molecule has 3 nitrogen and oxygen atoms in total. The van der Waals surface area contributed by atoms with Gasteiger partial charge in [0.15, 0.2) is 0 Å². The van der Waals surface area contributed by atoms with E-state index in [9.17, 15) is 8.42 Å². The molecular weight excluding hydrogens is 258 g/mol. The summed E-state index contributed by atoms with van der Waals surface area (Å²) in [5.41, 5.74) is -0.364. The van der Waals surface area contributed by atoms with Crippen LogP contribution in [0, 0.1) is 5.92 Å². The lowest BCUT2D eigenvalue weighted by Crippen LogP contribution is -2.43. The van der Waals surface area contributed by atoms with Gasteiger partial charge >= 0.3 is 0 Å². The molecular formula is C15H33NO2S. The van der Waals surface area contributed by atoms with Gasteiger partial charge in [0.2, 0.25) is 10.0 Å². The minimum absolute atomic E-state index is 0.139. The Balaban J connectivity index is 0.